The molecule has 0 aliphatic heterocycles. The predicted molar refractivity (Wildman–Crippen MR) is 97.0 cm³/mol. The fourth-order valence-electron chi connectivity index (χ4n) is 2.35. The molecule has 2 rings (SSSR count). The number of nitrogens with zero attached hydrogens (tertiary/aromatic N) is 1. The minimum atomic E-state index is -0.365. The Hall–Kier alpha value is -2.89. The molecule has 6 heteroatoms. The highest BCUT2D eigenvalue weighted by atomic mass is 19.1. The number of hydrogen-bond acceptors (Lipinski definition) is 3. The van der Waals surface area contributed by atoms with E-state index in [4.69, 9.17) is 10.6 Å². The van der Waals surface area contributed by atoms with Gasteiger partial charge >= 0.3 is 0 Å². The Morgan fingerprint density at radius 1 is 1.24 bits per heavy atom. The third-order valence-corrected chi connectivity index (χ3v) is 3.69. The molecule has 0 heterocycles. The molecule has 0 saturated carbocycles. The number of para-hydroxylation sites is 1. The first kappa shape index (κ1) is 18.4. The second kappa shape index (κ2) is 8.28. The lowest BCUT2D eigenvalue weighted by Crippen LogP contribution is -2.20. The Bertz CT molecular complexity index is 771. The van der Waals surface area contributed by atoms with Crippen molar-refractivity contribution in [2.75, 3.05) is 11.9 Å². The van der Waals surface area contributed by atoms with E-state index in [1.807, 2.05) is 25.1 Å². The number of anilines is 1. The minimum Gasteiger partial charge on any atom is -0.384 e. The Morgan fingerprint density at radius 2 is 1.92 bits per heavy atom. The van der Waals surface area contributed by atoms with Crippen molar-refractivity contribution in [2.24, 2.45) is 10.9 Å². The molecule has 0 radical (unpaired) electrons. The van der Waals surface area contributed by atoms with Gasteiger partial charge < -0.3 is 15.9 Å². The second-order valence-electron chi connectivity index (χ2n) is 6.00. The summed E-state index contributed by atoms with van der Waals surface area (Å²) in [6.45, 7) is 5.80. The van der Waals surface area contributed by atoms with Crippen molar-refractivity contribution in [3.63, 3.8) is 0 Å². The molecule has 25 heavy (non-hydrogen) atoms. The molecule has 0 bridgehead atoms. The molecule has 5 nitrogen and oxygen atoms in total. The lowest BCUT2D eigenvalue weighted by atomic mass is 9.98. The number of oxime groups is 1. The van der Waals surface area contributed by atoms with E-state index in [-0.39, 0.29) is 30.1 Å². The van der Waals surface area contributed by atoms with Crippen LogP contribution in [0.2, 0.25) is 0 Å². The van der Waals surface area contributed by atoms with Crippen LogP contribution in [-0.2, 0) is 9.63 Å². The van der Waals surface area contributed by atoms with Crippen LogP contribution < -0.4 is 11.1 Å². The average Bonchev–Trinajstić information content (AvgIpc) is 2.57. The maximum absolute atomic E-state index is 12.9. The van der Waals surface area contributed by atoms with E-state index in [0.717, 1.165) is 16.8 Å². The van der Waals surface area contributed by atoms with Gasteiger partial charge in [0.1, 0.15) is 5.82 Å². The van der Waals surface area contributed by atoms with Crippen LogP contribution in [0.1, 0.15) is 36.5 Å². The maximum Gasteiger partial charge on any atom is 0.265 e. The van der Waals surface area contributed by atoms with Crippen LogP contribution in [0.5, 0.6) is 0 Å². The van der Waals surface area contributed by atoms with E-state index in [1.54, 1.807) is 0 Å². The number of hydrogen-bond donors (Lipinski definition) is 2. The van der Waals surface area contributed by atoms with Crippen molar-refractivity contribution < 1.29 is 14.0 Å². The van der Waals surface area contributed by atoms with E-state index in [0.29, 0.717) is 5.56 Å². The van der Waals surface area contributed by atoms with Gasteiger partial charge in [-0.15, -0.1) is 0 Å². The van der Waals surface area contributed by atoms with Gasteiger partial charge in [0, 0.05) is 11.3 Å². The zero-order chi connectivity index (χ0) is 18.4. The summed E-state index contributed by atoms with van der Waals surface area (Å²) in [5.74, 6) is -0.335. The molecule has 0 atom stereocenters. The molecule has 0 aliphatic carbocycles. The van der Waals surface area contributed by atoms with Crippen molar-refractivity contribution >= 4 is 17.4 Å². The monoisotopic (exact) mass is 343 g/mol. The zero-order valence-electron chi connectivity index (χ0n) is 14.5. The molecule has 2 aromatic rings. The van der Waals surface area contributed by atoms with E-state index in [9.17, 15) is 9.18 Å². The number of carbonyl (C=O) groups excluding carboxylic acids is 1. The molecule has 1 amide bonds. The van der Waals surface area contributed by atoms with Crippen LogP contribution in [0.4, 0.5) is 10.1 Å². The van der Waals surface area contributed by atoms with Gasteiger partial charge in [-0.05, 0) is 48.2 Å². The maximum atomic E-state index is 12.9. The summed E-state index contributed by atoms with van der Waals surface area (Å²) in [5, 5.41) is 6.55. The molecule has 0 aromatic heterocycles. The third kappa shape index (κ3) is 5.04. The summed E-state index contributed by atoms with van der Waals surface area (Å²) in [7, 11) is 0. The molecule has 3 N–H and O–H groups in total. The molecule has 0 unspecified atom stereocenters. The molecular weight excluding hydrogens is 321 g/mol. The Kier molecular flexibility index (Phi) is 6.11. The first-order valence-electron chi connectivity index (χ1n) is 7.99. The van der Waals surface area contributed by atoms with Crippen LogP contribution in [0.3, 0.4) is 0 Å². The minimum absolute atomic E-state index is 0.0755. The number of rotatable bonds is 6. The summed E-state index contributed by atoms with van der Waals surface area (Å²) in [6.07, 6.45) is 0. The van der Waals surface area contributed by atoms with Gasteiger partial charge in [-0.1, -0.05) is 37.2 Å². The summed E-state index contributed by atoms with van der Waals surface area (Å²) in [5.41, 5.74) is 9.09. The van der Waals surface area contributed by atoms with Crippen LogP contribution in [0, 0.1) is 12.7 Å². The highest BCUT2D eigenvalue weighted by Gasteiger charge is 2.12. The fourth-order valence-corrected chi connectivity index (χ4v) is 2.35. The molecule has 2 aromatic carbocycles. The molecule has 0 spiro atoms. The van der Waals surface area contributed by atoms with Crippen molar-refractivity contribution in [3.8, 4) is 0 Å². The fraction of sp³-hybridized carbons (Fsp3) is 0.263. The van der Waals surface area contributed by atoms with Crippen molar-refractivity contribution in [1.29, 1.82) is 0 Å². The largest absolute Gasteiger partial charge is 0.384 e. The number of aryl methyl sites for hydroxylation is 1. The number of nitrogens with two attached hydrogens (primary N) is 1. The standard InChI is InChI=1S/C19H22FN3O2/c1-12(2)16-6-4-5-13(3)18(16)22-17(24)11-25-23-19(21)14-7-9-15(20)10-8-14/h4-10,12H,11H2,1-3H3,(H2,21,23)(H,22,24). The molecule has 132 valence electrons. The second-order valence-corrected chi connectivity index (χ2v) is 6.00. The van der Waals surface area contributed by atoms with E-state index >= 15 is 0 Å². The predicted octanol–water partition coefficient (Wildman–Crippen LogP) is 3.53. The van der Waals surface area contributed by atoms with Crippen molar-refractivity contribution in [2.45, 2.75) is 26.7 Å². The number of amides is 1. The number of amidine groups is 1. The van der Waals surface area contributed by atoms with Gasteiger partial charge in [0.2, 0.25) is 0 Å². The highest BCUT2D eigenvalue weighted by molar-refractivity contribution is 5.97. The van der Waals surface area contributed by atoms with Crippen molar-refractivity contribution in [1.82, 2.24) is 0 Å². The Morgan fingerprint density at radius 3 is 2.56 bits per heavy atom. The van der Waals surface area contributed by atoms with E-state index < -0.39 is 0 Å². The van der Waals surface area contributed by atoms with Crippen LogP contribution in [0.25, 0.3) is 0 Å². The zero-order valence-corrected chi connectivity index (χ0v) is 14.5. The summed E-state index contributed by atoms with van der Waals surface area (Å²) >= 11 is 0. The summed E-state index contributed by atoms with van der Waals surface area (Å²) in [6, 6.07) is 11.4. The average molecular weight is 343 g/mol. The lowest BCUT2D eigenvalue weighted by Gasteiger charge is -2.16. The summed E-state index contributed by atoms with van der Waals surface area (Å²) in [4.78, 5) is 17.1. The first-order valence-corrected chi connectivity index (χ1v) is 7.99. The topological polar surface area (TPSA) is 76.7 Å². The van der Waals surface area contributed by atoms with Crippen LogP contribution in [0.15, 0.2) is 47.6 Å². The van der Waals surface area contributed by atoms with Gasteiger partial charge in [0.15, 0.2) is 12.4 Å². The van der Waals surface area contributed by atoms with Crippen molar-refractivity contribution in [3.05, 3.63) is 65.0 Å². The third-order valence-electron chi connectivity index (χ3n) is 3.69. The Labute approximate surface area is 146 Å². The SMILES string of the molecule is Cc1cccc(C(C)C)c1NC(=O)CO/N=C(\N)c1ccc(F)cc1. The van der Waals surface area contributed by atoms with Gasteiger partial charge in [-0.2, -0.15) is 0 Å². The number of benzene rings is 2. The molecule has 0 aliphatic rings. The molecule has 0 saturated heterocycles. The number of carbonyl (C=O) groups is 1. The number of halogens is 1. The van der Waals surface area contributed by atoms with Gasteiger partial charge in [0.05, 0.1) is 0 Å². The van der Waals surface area contributed by atoms with E-state index in [2.05, 4.69) is 24.3 Å². The van der Waals surface area contributed by atoms with Gasteiger partial charge in [0.25, 0.3) is 5.91 Å². The molecule has 0 fully saturated rings. The number of nitrogens with one attached hydrogen (secondary N) is 1. The van der Waals surface area contributed by atoms with Gasteiger partial charge in [-0.25, -0.2) is 4.39 Å². The summed E-state index contributed by atoms with van der Waals surface area (Å²) < 4.78 is 12.9. The van der Waals surface area contributed by atoms with Gasteiger partial charge in [-0.3, -0.25) is 4.79 Å². The highest BCUT2D eigenvalue weighted by Crippen LogP contribution is 2.27. The van der Waals surface area contributed by atoms with Crippen LogP contribution >= 0.6 is 0 Å². The van der Waals surface area contributed by atoms with Crippen LogP contribution in [-0.4, -0.2) is 18.3 Å². The lowest BCUT2D eigenvalue weighted by molar-refractivity contribution is -0.120. The van der Waals surface area contributed by atoms with E-state index in [1.165, 1.54) is 24.3 Å². The quantitative estimate of drug-likeness (QED) is 0.478. The smallest absolute Gasteiger partial charge is 0.265 e. The first-order chi connectivity index (χ1) is 11.9. The molecular formula is C19H22FN3O2. The normalized spacial score (nSPS) is 11.5. The Balaban J connectivity index is 1.97.